The number of halogens is 2. The van der Waals surface area contributed by atoms with Gasteiger partial charge in [-0.2, -0.15) is 5.10 Å². The normalized spacial score (nSPS) is 22.1. The maximum absolute atomic E-state index is 6.33. The summed E-state index contributed by atoms with van der Waals surface area (Å²) in [7, 11) is 1.91. The third-order valence-electron chi connectivity index (χ3n) is 3.81. The summed E-state index contributed by atoms with van der Waals surface area (Å²) in [6, 6.07) is 0.628. The summed E-state index contributed by atoms with van der Waals surface area (Å²) >= 11 is 9.97. The van der Waals surface area contributed by atoms with Gasteiger partial charge in [-0.05, 0) is 26.3 Å². The molecule has 1 unspecified atom stereocenters. The average Bonchev–Trinajstić information content (AvgIpc) is 2.56. The Kier molecular flexibility index (Phi) is 5.10. The molecule has 102 valence electrons. The van der Waals surface area contributed by atoms with E-state index in [0.717, 1.165) is 22.7 Å². The first kappa shape index (κ1) is 14.4. The van der Waals surface area contributed by atoms with Crippen LogP contribution in [-0.2, 0) is 13.6 Å². The van der Waals surface area contributed by atoms with Gasteiger partial charge in [0.15, 0.2) is 0 Å². The largest absolute Gasteiger partial charge is 0.295 e. The Balaban J connectivity index is 2.15. The minimum atomic E-state index is 0.628. The van der Waals surface area contributed by atoms with Crippen molar-refractivity contribution in [2.45, 2.75) is 45.2 Å². The van der Waals surface area contributed by atoms with Crippen LogP contribution in [0.5, 0.6) is 0 Å². The van der Waals surface area contributed by atoms with Gasteiger partial charge < -0.3 is 0 Å². The van der Waals surface area contributed by atoms with Gasteiger partial charge in [0, 0.05) is 30.5 Å². The van der Waals surface area contributed by atoms with E-state index in [2.05, 4.69) is 25.9 Å². The third-order valence-corrected chi connectivity index (χ3v) is 5.03. The van der Waals surface area contributed by atoms with Crippen LogP contribution in [0.2, 0.25) is 5.15 Å². The molecule has 2 rings (SSSR count). The highest BCUT2D eigenvalue weighted by atomic mass is 79.9. The molecule has 1 saturated heterocycles. The first-order chi connectivity index (χ1) is 8.63. The summed E-state index contributed by atoms with van der Waals surface area (Å²) in [6.45, 7) is 4.14. The minimum absolute atomic E-state index is 0.628. The SMILES string of the molecule is Cc1nn(C)c(Cl)c1CN1CCCCCC1CBr. The van der Waals surface area contributed by atoms with Crippen LogP contribution in [-0.4, -0.2) is 32.6 Å². The standard InChI is InChI=1S/C13H21BrClN3/c1-10-12(13(15)17(2)16-10)9-18-7-5-3-4-6-11(18)8-14/h11H,3-9H2,1-2H3. The number of aromatic nitrogens is 2. The second-order valence-corrected chi connectivity index (χ2v) is 6.11. The molecule has 0 bridgehead atoms. The highest BCUT2D eigenvalue weighted by Gasteiger charge is 2.22. The number of rotatable bonds is 3. The van der Waals surface area contributed by atoms with Gasteiger partial charge in [0.05, 0.1) is 5.69 Å². The van der Waals surface area contributed by atoms with Crippen LogP contribution >= 0.6 is 27.5 Å². The van der Waals surface area contributed by atoms with Crippen LogP contribution < -0.4 is 0 Å². The fourth-order valence-corrected chi connectivity index (χ4v) is 3.64. The minimum Gasteiger partial charge on any atom is -0.295 e. The lowest BCUT2D eigenvalue weighted by Crippen LogP contribution is -2.35. The number of hydrogen-bond acceptors (Lipinski definition) is 2. The van der Waals surface area contributed by atoms with Crippen molar-refractivity contribution in [1.82, 2.24) is 14.7 Å². The molecule has 0 radical (unpaired) electrons. The van der Waals surface area contributed by atoms with Gasteiger partial charge in [-0.25, -0.2) is 0 Å². The second-order valence-electron chi connectivity index (χ2n) is 5.11. The number of likely N-dealkylation sites (tertiary alicyclic amines) is 1. The third kappa shape index (κ3) is 3.09. The number of nitrogens with zero attached hydrogens (tertiary/aromatic N) is 3. The maximum Gasteiger partial charge on any atom is 0.131 e. The smallest absolute Gasteiger partial charge is 0.131 e. The van der Waals surface area contributed by atoms with E-state index in [0.29, 0.717) is 6.04 Å². The van der Waals surface area contributed by atoms with E-state index in [4.69, 9.17) is 11.6 Å². The molecule has 1 atom stereocenters. The maximum atomic E-state index is 6.33. The zero-order valence-electron chi connectivity index (χ0n) is 11.1. The monoisotopic (exact) mass is 333 g/mol. The Morgan fingerprint density at radius 1 is 1.39 bits per heavy atom. The zero-order chi connectivity index (χ0) is 13.1. The lowest BCUT2D eigenvalue weighted by atomic mass is 10.1. The Morgan fingerprint density at radius 3 is 2.78 bits per heavy atom. The molecule has 0 N–H and O–H groups in total. The molecule has 18 heavy (non-hydrogen) atoms. The van der Waals surface area contributed by atoms with Crippen molar-refractivity contribution in [2.24, 2.45) is 7.05 Å². The summed E-state index contributed by atoms with van der Waals surface area (Å²) < 4.78 is 1.77. The molecule has 1 aliphatic rings. The number of hydrogen-bond donors (Lipinski definition) is 0. The molecule has 1 aromatic heterocycles. The van der Waals surface area contributed by atoms with E-state index in [9.17, 15) is 0 Å². The van der Waals surface area contributed by atoms with Crippen LogP contribution in [0.25, 0.3) is 0 Å². The highest BCUT2D eigenvalue weighted by molar-refractivity contribution is 9.09. The summed E-state index contributed by atoms with van der Waals surface area (Å²) in [5.74, 6) is 0. The van der Waals surface area contributed by atoms with Gasteiger partial charge in [-0.1, -0.05) is 40.4 Å². The van der Waals surface area contributed by atoms with E-state index < -0.39 is 0 Å². The average molecular weight is 335 g/mol. The van der Waals surface area contributed by atoms with Gasteiger partial charge in [-0.15, -0.1) is 0 Å². The molecule has 1 aliphatic heterocycles. The molecule has 0 aromatic carbocycles. The predicted molar refractivity (Wildman–Crippen MR) is 79.4 cm³/mol. The summed E-state index contributed by atoms with van der Waals surface area (Å²) in [4.78, 5) is 2.55. The van der Waals surface area contributed by atoms with Crippen molar-refractivity contribution in [3.63, 3.8) is 0 Å². The van der Waals surface area contributed by atoms with Crippen LogP contribution in [0, 0.1) is 6.92 Å². The van der Waals surface area contributed by atoms with E-state index in [-0.39, 0.29) is 0 Å². The predicted octanol–water partition coefficient (Wildman–Crippen LogP) is 3.52. The molecule has 1 aromatic rings. The van der Waals surface area contributed by atoms with Crippen LogP contribution in [0.15, 0.2) is 0 Å². The first-order valence-electron chi connectivity index (χ1n) is 6.61. The lowest BCUT2D eigenvalue weighted by Gasteiger charge is -2.28. The van der Waals surface area contributed by atoms with E-state index >= 15 is 0 Å². The van der Waals surface area contributed by atoms with Crippen molar-refractivity contribution in [1.29, 1.82) is 0 Å². The van der Waals surface area contributed by atoms with Crippen molar-refractivity contribution < 1.29 is 0 Å². The van der Waals surface area contributed by atoms with Gasteiger partial charge in [0.25, 0.3) is 0 Å². The molecular formula is C13H21BrClN3. The zero-order valence-corrected chi connectivity index (χ0v) is 13.5. The van der Waals surface area contributed by atoms with Crippen LogP contribution in [0.4, 0.5) is 0 Å². The molecule has 2 heterocycles. The van der Waals surface area contributed by atoms with E-state index in [1.807, 2.05) is 14.0 Å². The number of alkyl halides is 1. The topological polar surface area (TPSA) is 21.1 Å². The molecule has 5 heteroatoms. The lowest BCUT2D eigenvalue weighted by molar-refractivity contribution is 0.209. The molecule has 3 nitrogen and oxygen atoms in total. The van der Waals surface area contributed by atoms with Crippen LogP contribution in [0.3, 0.4) is 0 Å². The van der Waals surface area contributed by atoms with Crippen molar-refractivity contribution in [3.8, 4) is 0 Å². The van der Waals surface area contributed by atoms with Gasteiger partial charge in [0.2, 0.25) is 0 Å². The highest BCUT2D eigenvalue weighted by Crippen LogP contribution is 2.25. The summed E-state index contributed by atoms with van der Waals surface area (Å²) in [6.07, 6.45) is 5.26. The van der Waals surface area contributed by atoms with Crippen molar-refractivity contribution in [2.75, 3.05) is 11.9 Å². The van der Waals surface area contributed by atoms with Crippen LogP contribution in [0.1, 0.15) is 36.9 Å². The summed E-state index contributed by atoms with van der Waals surface area (Å²) in [5, 5.41) is 6.22. The Bertz CT molecular complexity index is 405. The van der Waals surface area contributed by atoms with Crippen molar-refractivity contribution >= 4 is 27.5 Å². The molecule has 0 aliphatic carbocycles. The second kappa shape index (κ2) is 6.40. The molecule has 0 amide bonds. The molecule has 0 saturated carbocycles. The van der Waals surface area contributed by atoms with Crippen molar-refractivity contribution in [3.05, 3.63) is 16.4 Å². The Morgan fingerprint density at radius 2 is 2.17 bits per heavy atom. The number of aryl methyl sites for hydroxylation is 2. The summed E-state index contributed by atoms with van der Waals surface area (Å²) in [5.41, 5.74) is 2.24. The van der Waals surface area contributed by atoms with E-state index in [1.54, 1.807) is 4.68 Å². The fourth-order valence-electron chi connectivity index (χ4n) is 2.68. The van der Waals surface area contributed by atoms with E-state index in [1.165, 1.54) is 37.8 Å². The Labute approximate surface area is 123 Å². The molecular weight excluding hydrogens is 314 g/mol. The molecule has 0 spiro atoms. The fraction of sp³-hybridized carbons (Fsp3) is 0.769. The van der Waals surface area contributed by atoms with Gasteiger partial charge >= 0.3 is 0 Å². The Hall–Kier alpha value is -0.0600. The van der Waals surface area contributed by atoms with Gasteiger partial charge in [0.1, 0.15) is 5.15 Å². The quantitative estimate of drug-likeness (QED) is 0.789. The molecule has 1 fully saturated rings. The van der Waals surface area contributed by atoms with Gasteiger partial charge in [-0.3, -0.25) is 9.58 Å². The first-order valence-corrected chi connectivity index (χ1v) is 8.11.